The molecule has 2 N–H and O–H groups in total. The lowest BCUT2D eigenvalue weighted by Gasteiger charge is -2.50. The molecule has 3 aromatic rings. The maximum absolute atomic E-state index is 12.9. The van der Waals surface area contributed by atoms with Gasteiger partial charge in [0.15, 0.2) is 12.1 Å². The van der Waals surface area contributed by atoms with Crippen LogP contribution in [0.2, 0.25) is 0 Å². The molecular formula is C35H45N3O7. The number of ether oxygens (including phenoxy) is 3. The number of hydrogen-bond donors (Lipinski definition) is 2. The van der Waals surface area contributed by atoms with E-state index in [1.54, 1.807) is 17.0 Å². The van der Waals surface area contributed by atoms with Gasteiger partial charge in [0.1, 0.15) is 18.1 Å². The fourth-order valence-corrected chi connectivity index (χ4v) is 6.49. The summed E-state index contributed by atoms with van der Waals surface area (Å²) in [6.45, 7) is 8.43. The minimum absolute atomic E-state index is 0.0803. The Bertz CT molecular complexity index is 1370. The maximum atomic E-state index is 12.9. The van der Waals surface area contributed by atoms with Gasteiger partial charge in [0, 0.05) is 32.7 Å². The summed E-state index contributed by atoms with van der Waals surface area (Å²) in [5.74, 6) is 1.38. The second-order valence-corrected chi connectivity index (χ2v) is 11.6. The van der Waals surface area contributed by atoms with Crippen molar-refractivity contribution in [3.63, 3.8) is 0 Å². The topological polar surface area (TPSA) is 114 Å². The van der Waals surface area contributed by atoms with Crippen LogP contribution >= 0.6 is 0 Å². The van der Waals surface area contributed by atoms with Gasteiger partial charge in [-0.25, -0.2) is 4.79 Å². The SMILES string of the molecule is CCOC(CCCNC(=O)c1ccc(COc2cccc([C@H](c3ccccc3)N(C(=O)O)C3CN4CCC3CC4)c2)o1)OCC. The molecule has 0 aliphatic carbocycles. The second-order valence-electron chi connectivity index (χ2n) is 11.6. The van der Waals surface area contributed by atoms with Gasteiger partial charge in [-0.2, -0.15) is 0 Å². The van der Waals surface area contributed by atoms with Gasteiger partial charge in [-0.1, -0.05) is 42.5 Å². The normalized spacial score (nSPS) is 19.8. The van der Waals surface area contributed by atoms with Gasteiger partial charge >= 0.3 is 6.09 Å². The zero-order valence-corrected chi connectivity index (χ0v) is 26.2. The Balaban J connectivity index is 1.23. The highest BCUT2D eigenvalue weighted by molar-refractivity contribution is 5.91. The van der Waals surface area contributed by atoms with Crippen molar-refractivity contribution in [2.45, 2.75) is 64.5 Å². The number of amides is 2. The van der Waals surface area contributed by atoms with Gasteiger partial charge in [0.05, 0.1) is 12.1 Å². The lowest BCUT2D eigenvalue weighted by atomic mass is 9.81. The highest BCUT2D eigenvalue weighted by atomic mass is 16.7. The molecule has 1 unspecified atom stereocenters. The van der Waals surface area contributed by atoms with Crippen LogP contribution in [0.4, 0.5) is 4.79 Å². The van der Waals surface area contributed by atoms with Crippen molar-refractivity contribution in [2.24, 2.45) is 5.92 Å². The summed E-state index contributed by atoms with van der Waals surface area (Å²) in [6, 6.07) is 20.2. The van der Waals surface area contributed by atoms with Crippen LogP contribution in [0.3, 0.4) is 0 Å². The van der Waals surface area contributed by atoms with E-state index in [2.05, 4.69) is 10.2 Å². The van der Waals surface area contributed by atoms with Gasteiger partial charge in [0.2, 0.25) is 0 Å². The minimum atomic E-state index is -0.918. The number of carboxylic acid groups (broad SMARTS) is 1. The zero-order valence-electron chi connectivity index (χ0n) is 26.2. The molecule has 4 heterocycles. The van der Waals surface area contributed by atoms with Crippen molar-refractivity contribution < 1.29 is 33.3 Å². The van der Waals surface area contributed by atoms with Crippen LogP contribution in [-0.2, 0) is 16.1 Å². The van der Waals surface area contributed by atoms with Gasteiger partial charge in [-0.15, -0.1) is 0 Å². The number of fused-ring (bicyclic) bond motifs is 3. The number of nitrogens with zero attached hydrogens (tertiary/aromatic N) is 2. The van der Waals surface area contributed by atoms with Crippen LogP contribution in [0.15, 0.2) is 71.1 Å². The van der Waals surface area contributed by atoms with E-state index in [0.717, 1.165) is 43.6 Å². The van der Waals surface area contributed by atoms with Gasteiger partial charge in [0.25, 0.3) is 5.91 Å². The van der Waals surface area contributed by atoms with Crippen molar-refractivity contribution >= 4 is 12.0 Å². The molecule has 242 valence electrons. The molecule has 10 nitrogen and oxygen atoms in total. The first-order chi connectivity index (χ1) is 22.0. The van der Waals surface area contributed by atoms with E-state index in [9.17, 15) is 14.7 Å². The molecule has 1 aromatic heterocycles. The highest BCUT2D eigenvalue weighted by Gasteiger charge is 2.43. The molecule has 2 aromatic carbocycles. The molecule has 0 spiro atoms. The van der Waals surface area contributed by atoms with E-state index in [1.165, 1.54) is 0 Å². The zero-order chi connectivity index (χ0) is 31.6. The van der Waals surface area contributed by atoms with Crippen molar-refractivity contribution in [3.8, 4) is 5.75 Å². The number of benzene rings is 2. The number of furan rings is 1. The first kappa shape index (κ1) is 32.5. The number of rotatable bonds is 16. The van der Waals surface area contributed by atoms with Crippen LogP contribution < -0.4 is 10.1 Å². The molecule has 45 heavy (non-hydrogen) atoms. The van der Waals surface area contributed by atoms with E-state index in [1.807, 2.05) is 68.4 Å². The van der Waals surface area contributed by atoms with Gasteiger partial charge in [-0.05, 0) is 87.5 Å². The minimum Gasteiger partial charge on any atom is -0.486 e. The Morgan fingerprint density at radius 2 is 1.73 bits per heavy atom. The summed E-state index contributed by atoms with van der Waals surface area (Å²) in [4.78, 5) is 29.6. The summed E-state index contributed by atoms with van der Waals surface area (Å²) in [6.07, 6.45) is 2.26. The van der Waals surface area contributed by atoms with E-state index >= 15 is 0 Å². The fraction of sp³-hybridized carbons (Fsp3) is 0.486. The molecule has 3 saturated heterocycles. The number of carbonyl (C=O) groups is 2. The molecule has 10 heteroatoms. The van der Waals surface area contributed by atoms with Gasteiger partial charge in [-0.3, -0.25) is 9.69 Å². The van der Waals surface area contributed by atoms with Crippen molar-refractivity contribution in [1.29, 1.82) is 0 Å². The molecule has 0 saturated carbocycles. The van der Waals surface area contributed by atoms with Crippen LogP contribution in [0, 0.1) is 5.92 Å². The van der Waals surface area contributed by atoms with Crippen molar-refractivity contribution in [2.75, 3.05) is 39.4 Å². The van der Waals surface area contributed by atoms with E-state index < -0.39 is 12.1 Å². The Kier molecular flexibility index (Phi) is 11.5. The Morgan fingerprint density at radius 3 is 2.40 bits per heavy atom. The number of carbonyl (C=O) groups excluding carboxylic acids is 1. The van der Waals surface area contributed by atoms with Crippen LogP contribution in [0.5, 0.6) is 5.75 Å². The third-order valence-electron chi connectivity index (χ3n) is 8.64. The fourth-order valence-electron chi connectivity index (χ4n) is 6.49. The molecule has 2 atom stereocenters. The highest BCUT2D eigenvalue weighted by Crippen LogP contribution is 2.39. The monoisotopic (exact) mass is 619 g/mol. The summed E-state index contributed by atoms with van der Waals surface area (Å²) in [5.41, 5.74) is 1.76. The maximum Gasteiger partial charge on any atom is 0.408 e. The van der Waals surface area contributed by atoms with Crippen LogP contribution in [0.1, 0.15) is 73.0 Å². The number of piperidine rings is 3. The van der Waals surface area contributed by atoms with E-state index in [-0.39, 0.29) is 30.6 Å². The lowest BCUT2D eigenvalue weighted by Crippen LogP contribution is -2.59. The second kappa shape index (κ2) is 15.9. The predicted octanol–water partition coefficient (Wildman–Crippen LogP) is 5.93. The summed E-state index contributed by atoms with van der Waals surface area (Å²) in [7, 11) is 0. The average molecular weight is 620 g/mol. The summed E-state index contributed by atoms with van der Waals surface area (Å²) in [5, 5.41) is 13.4. The molecule has 6 rings (SSSR count). The quantitative estimate of drug-likeness (QED) is 0.150. The first-order valence-electron chi connectivity index (χ1n) is 16.1. The molecule has 2 amide bonds. The van der Waals surface area contributed by atoms with Crippen LogP contribution in [0.25, 0.3) is 0 Å². The van der Waals surface area contributed by atoms with E-state index in [4.69, 9.17) is 18.6 Å². The summed E-state index contributed by atoms with van der Waals surface area (Å²) >= 11 is 0. The molecule has 3 fully saturated rings. The third kappa shape index (κ3) is 8.45. The largest absolute Gasteiger partial charge is 0.486 e. The summed E-state index contributed by atoms with van der Waals surface area (Å²) < 4.78 is 23.0. The Morgan fingerprint density at radius 1 is 1.00 bits per heavy atom. The smallest absolute Gasteiger partial charge is 0.408 e. The standard InChI is InChI=1S/C35H45N3O7/c1-3-42-32(43-4-2)14-9-19-36-34(39)31-16-15-29(45-31)24-44-28-13-8-12-27(22-28)33(26-10-6-5-7-11-26)38(35(40)41)30-23-37-20-17-25(30)18-21-37/h5-8,10-13,15-16,22,25,30,32-33H,3-4,9,14,17-21,23-24H2,1-2H3,(H,36,39)(H,40,41)/t30?,33-/m0/s1. The van der Waals surface area contributed by atoms with Crippen molar-refractivity contribution in [3.05, 3.63) is 89.4 Å². The molecular weight excluding hydrogens is 574 g/mol. The molecule has 0 radical (unpaired) electrons. The van der Waals surface area contributed by atoms with Crippen molar-refractivity contribution in [1.82, 2.24) is 15.1 Å². The number of nitrogens with one attached hydrogen (secondary N) is 1. The number of hydrogen-bond acceptors (Lipinski definition) is 7. The predicted molar refractivity (Wildman–Crippen MR) is 169 cm³/mol. The Hall–Kier alpha value is -3.86. The van der Waals surface area contributed by atoms with E-state index in [0.29, 0.717) is 50.0 Å². The Labute approximate surface area is 265 Å². The first-order valence-corrected chi connectivity index (χ1v) is 16.1. The lowest BCUT2D eigenvalue weighted by molar-refractivity contribution is -0.139. The molecule has 3 aliphatic heterocycles. The average Bonchev–Trinajstić information content (AvgIpc) is 3.55. The van der Waals surface area contributed by atoms with Gasteiger partial charge < -0.3 is 34.0 Å². The molecule has 3 aliphatic rings. The third-order valence-corrected chi connectivity index (χ3v) is 8.64. The molecule has 2 bridgehead atoms. The van der Waals surface area contributed by atoms with Crippen LogP contribution in [-0.4, -0.2) is 78.6 Å².